The van der Waals surface area contributed by atoms with Crippen LogP contribution >= 0.6 is 0 Å². The van der Waals surface area contributed by atoms with Gasteiger partial charge in [0.15, 0.2) is 5.75 Å². The van der Waals surface area contributed by atoms with E-state index in [1.165, 1.54) is 0 Å². The highest BCUT2D eigenvalue weighted by Crippen LogP contribution is 2.22. The van der Waals surface area contributed by atoms with Gasteiger partial charge in [0.2, 0.25) is 10.0 Å². The molecule has 1 aromatic carbocycles. The van der Waals surface area contributed by atoms with Crippen molar-refractivity contribution in [1.82, 2.24) is 0 Å². The van der Waals surface area contributed by atoms with Crippen LogP contribution in [0.15, 0.2) is 18.2 Å². The molecule has 104 valence electrons. The Kier molecular flexibility index (Phi) is 4.33. The second kappa shape index (κ2) is 5.57. The van der Waals surface area contributed by atoms with Crippen molar-refractivity contribution >= 4 is 27.6 Å². The van der Waals surface area contributed by atoms with Crippen LogP contribution < -0.4 is 4.72 Å². The molecule has 0 aliphatic carbocycles. The minimum atomic E-state index is -4.08. The minimum absolute atomic E-state index is 0.255. The second-order valence-electron chi connectivity index (χ2n) is 3.47. The number of aromatic hydroxyl groups is 1. The molecular formula is C10H11NO7S. The Morgan fingerprint density at radius 2 is 2.00 bits per heavy atom. The number of esters is 1. The lowest BCUT2D eigenvalue weighted by atomic mass is 10.2. The minimum Gasteiger partial charge on any atom is -0.508 e. The lowest BCUT2D eigenvalue weighted by Crippen LogP contribution is -2.24. The van der Waals surface area contributed by atoms with E-state index in [1.54, 1.807) is 0 Å². The second-order valence-corrected chi connectivity index (χ2v) is 5.19. The molecule has 0 bridgehead atoms. The molecule has 0 spiro atoms. The van der Waals surface area contributed by atoms with E-state index in [-0.39, 0.29) is 11.4 Å². The molecule has 8 nitrogen and oxygen atoms in total. The molecule has 0 aromatic heterocycles. The predicted molar refractivity (Wildman–Crippen MR) is 64.5 cm³/mol. The molecule has 1 aromatic rings. The Morgan fingerprint density at radius 3 is 2.53 bits per heavy atom. The number of carboxylic acid groups (broad SMARTS) is 1. The first-order valence-electron chi connectivity index (χ1n) is 4.89. The number of rotatable bonds is 5. The average molecular weight is 289 g/mol. The summed E-state index contributed by atoms with van der Waals surface area (Å²) >= 11 is 0. The highest BCUT2D eigenvalue weighted by atomic mass is 32.2. The number of phenolic OH excluding ortho intramolecular Hbond substituents is 1. The first-order valence-corrected chi connectivity index (χ1v) is 6.54. The first-order chi connectivity index (χ1) is 8.75. The van der Waals surface area contributed by atoms with Gasteiger partial charge in [0.1, 0.15) is 5.75 Å². The molecule has 1 rings (SSSR count). The number of carboxylic acids is 1. The standard InChI is InChI=1S/C10H11NO7S/c1-18-9(13)5-19(16,17)11-8-3-2-6(12)4-7(8)10(14)15/h2-4,11-12H,5H2,1H3,(H,14,15). The molecule has 0 saturated heterocycles. The normalized spacial score (nSPS) is 10.8. The van der Waals surface area contributed by atoms with Crippen LogP contribution in [0.1, 0.15) is 10.4 Å². The van der Waals surface area contributed by atoms with E-state index in [0.29, 0.717) is 0 Å². The van der Waals surface area contributed by atoms with E-state index in [0.717, 1.165) is 25.3 Å². The molecule has 0 atom stereocenters. The van der Waals surface area contributed by atoms with Crippen LogP contribution in [0.4, 0.5) is 5.69 Å². The Balaban J connectivity index is 3.06. The third kappa shape index (κ3) is 4.14. The zero-order valence-corrected chi connectivity index (χ0v) is 10.6. The maximum absolute atomic E-state index is 11.6. The summed E-state index contributed by atoms with van der Waals surface area (Å²) in [6.07, 6.45) is 0. The average Bonchev–Trinajstić information content (AvgIpc) is 2.30. The molecule has 0 fully saturated rings. The SMILES string of the molecule is COC(=O)CS(=O)(=O)Nc1ccc(O)cc1C(=O)O. The van der Waals surface area contributed by atoms with Gasteiger partial charge in [-0.25, -0.2) is 13.2 Å². The fraction of sp³-hybridized carbons (Fsp3) is 0.200. The van der Waals surface area contributed by atoms with E-state index in [4.69, 9.17) is 10.2 Å². The largest absolute Gasteiger partial charge is 0.508 e. The van der Waals surface area contributed by atoms with E-state index in [9.17, 15) is 18.0 Å². The van der Waals surface area contributed by atoms with Crippen LogP contribution in [0.2, 0.25) is 0 Å². The summed E-state index contributed by atoms with van der Waals surface area (Å²) in [5, 5.41) is 18.0. The number of ether oxygens (including phenoxy) is 1. The van der Waals surface area contributed by atoms with Crippen molar-refractivity contribution in [1.29, 1.82) is 0 Å². The summed E-state index contributed by atoms with van der Waals surface area (Å²) in [5.74, 6) is -3.67. The van der Waals surface area contributed by atoms with Gasteiger partial charge in [-0.15, -0.1) is 0 Å². The summed E-state index contributed by atoms with van der Waals surface area (Å²) in [6.45, 7) is 0. The Morgan fingerprint density at radius 1 is 1.37 bits per heavy atom. The number of hydrogen-bond acceptors (Lipinski definition) is 6. The van der Waals surface area contributed by atoms with Crippen LogP contribution in [0.25, 0.3) is 0 Å². The number of phenols is 1. The van der Waals surface area contributed by atoms with Gasteiger partial charge in [-0.1, -0.05) is 0 Å². The van der Waals surface area contributed by atoms with Gasteiger partial charge in [-0.3, -0.25) is 9.52 Å². The maximum Gasteiger partial charge on any atom is 0.337 e. The van der Waals surface area contributed by atoms with Gasteiger partial charge in [0, 0.05) is 0 Å². The topological polar surface area (TPSA) is 130 Å². The van der Waals surface area contributed by atoms with Crippen molar-refractivity contribution < 1.29 is 33.0 Å². The number of carbonyl (C=O) groups excluding carboxylic acids is 1. The molecule has 0 heterocycles. The van der Waals surface area contributed by atoms with E-state index in [1.807, 2.05) is 4.72 Å². The van der Waals surface area contributed by atoms with Crippen molar-refractivity contribution in [2.45, 2.75) is 0 Å². The predicted octanol–water partition coefficient (Wildman–Crippen LogP) is 0.00510. The highest BCUT2D eigenvalue weighted by Gasteiger charge is 2.20. The quantitative estimate of drug-likeness (QED) is 0.514. The Bertz CT molecular complexity index is 608. The number of sulfonamides is 1. The van der Waals surface area contributed by atoms with Crippen LogP contribution in [0.3, 0.4) is 0 Å². The summed E-state index contributed by atoms with van der Waals surface area (Å²) < 4.78 is 29.3. The molecule has 0 aliphatic heterocycles. The number of methoxy groups -OCH3 is 1. The van der Waals surface area contributed by atoms with Crippen LogP contribution in [0.5, 0.6) is 5.75 Å². The maximum atomic E-state index is 11.6. The molecule has 0 amide bonds. The number of anilines is 1. The zero-order valence-electron chi connectivity index (χ0n) is 9.78. The fourth-order valence-electron chi connectivity index (χ4n) is 1.22. The van der Waals surface area contributed by atoms with Gasteiger partial charge in [0.25, 0.3) is 0 Å². The van der Waals surface area contributed by atoms with Crippen LogP contribution in [0, 0.1) is 0 Å². The number of aromatic carboxylic acids is 1. The number of hydrogen-bond donors (Lipinski definition) is 3. The van der Waals surface area contributed by atoms with Crippen molar-refractivity contribution in [3.63, 3.8) is 0 Å². The third-order valence-corrected chi connectivity index (χ3v) is 3.18. The van der Waals surface area contributed by atoms with Crippen molar-refractivity contribution in [2.24, 2.45) is 0 Å². The molecule has 9 heteroatoms. The number of benzene rings is 1. The lowest BCUT2D eigenvalue weighted by Gasteiger charge is -2.10. The van der Waals surface area contributed by atoms with Crippen LogP contribution in [-0.4, -0.2) is 43.4 Å². The van der Waals surface area contributed by atoms with Gasteiger partial charge < -0.3 is 14.9 Å². The smallest absolute Gasteiger partial charge is 0.337 e. The Hall–Kier alpha value is -2.29. The van der Waals surface area contributed by atoms with Crippen molar-refractivity contribution in [3.05, 3.63) is 23.8 Å². The summed E-state index contributed by atoms with van der Waals surface area (Å²) in [4.78, 5) is 21.8. The molecule has 3 N–H and O–H groups in total. The lowest BCUT2D eigenvalue weighted by molar-refractivity contribution is -0.137. The molecule has 19 heavy (non-hydrogen) atoms. The molecule has 0 unspecified atom stereocenters. The Labute approximate surface area is 108 Å². The molecule has 0 radical (unpaired) electrons. The van der Waals surface area contributed by atoms with E-state index < -0.39 is 33.3 Å². The summed E-state index contributed by atoms with van der Waals surface area (Å²) in [5.41, 5.74) is -0.692. The highest BCUT2D eigenvalue weighted by molar-refractivity contribution is 7.93. The van der Waals surface area contributed by atoms with Gasteiger partial charge >= 0.3 is 11.9 Å². The molecular weight excluding hydrogens is 278 g/mol. The summed E-state index contributed by atoms with van der Waals surface area (Å²) in [6, 6.07) is 3.08. The summed E-state index contributed by atoms with van der Waals surface area (Å²) in [7, 11) is -3.06. The van der Waals surface area contributed by atoms with Gasteiger partial charge in [-0.05, 0) is 18.2 Å². The number of nitrogens with one attached hydrogen (secondary N) is 1. The van der Waals surface area contributed by atoms with E-state index >= 15 is 0 Å². The zero-order chi connectivity index (χ0) is 14.6. The monoisotopic (exact) mass is 289 g/mol. The van der Waals surface area contributed by atoms with Crippen molar-refractivity contribution in [3.8, 4) is 5.75 Å². The van der Waals surface area contributed by atoms with Gasteiger partial charge in [-0.2, -0.15) is 0 Å². The molecule has 0 saturated carbocycles. The van der Waals surface area contributed by atoms with Crippen molar-refractivity contribution in [2.75, 3.05) is 17.6 Å². The van der Waals surface area contributed by atoms with E-state index in [2.05, 4.69) is 4.74 Å². The molecule has 0 aliphatic rings. The third-order valence-electron chi connectivity index (χ3n) is 2.03. The van der Waals surface area contributed by atoms with Gasteiger partial charge in [0.05, 0.1) is 18.4 Å². The fourth-order valence-corrected chi connectivity index (χ4v) is 2.23. The van der Waals surface area contributed by atoms with Crippen LogP contribution in [-0.2, 0) is 19.6 Å². The number of carbonyl (C=O) groups is 2. The first kappa shape index (κ1) is 14.8.